The summed E-state index contributed by atoms with van der Waals surface area (Å²) in [7, 11) is 0. The lowest BCUT2D eigenvalue weighted by Crippen LogP contribution is -2.30. The molecule has 3 heteroatoms. The highest BCUT2D eigenvalue weighted by Gasteiger charge is 2.02. The van der Waals surface area contributed by atoms with Crippen LogP contribution in [0.15, 0.2) is 0 Å². The van der Waals surface area contributed by atoms with Crippen LogP contribution in [-0.2, 0) is 4.79 Å². The van der Waals surface area contributed by atoms with Crippen LogP contribution < -0.4 is 5.32 Å². The van der Waals surface area contributed by atoms with E-state index in [1.807, 2.05) is 0 Å². The highest BCUT2D eigenvalue weighted by molar-refractivity contribution is 5.75. The van der Waals surface area contributed by atoms with E-state index < -0.39 is 6.10 Å². The SMILES string of the molecule is CCCCCCCCCCCCCCCCCC(=O)NCC(C)O. The van der Waals surface area contributed by atoms with Crippen molar-refractivity contribution in [3.8, 4) is 0 Å². The first kappa shape index (κ1) is 23.4. The Morgan fingerprint density at radius 3 is 1.50 bits per heavy atom. The lowest BCUT2D eigenvalue weighted by atomic mass is 10.0. The molecule has 144 valence electrons. The van der Waals surface area contributed by atoms with E-state index in [1.54, 1.807) is 6.92 Å². The molecule has 0 saturated heterocycles. The molecule has 0 heterocycles. The number of aliphatic hydroxyl groups excluding tert-OH is 1. The van der Waals surface area contributed by atoms with Crippen LogP contribution in [-0.4, -0.2) is 23.7 Å². The van der Waals surface area contributed by atoms with Crippen molar-refractivity contribution in [3.05, 3.63) is 0 Å². The molecule has 1 atom stereocenters. The topological polar surface area (TPSA) is 49.3 Å². The van der Waals surface area contributed by atoms with Crippen molar-refractivity contribution in [1.29, 1.82) is 0 Å². The molecule has 1 unspecified atom stereocenters. The molecule has 0 radical (unpaired) electrons. The summed E-state index contributed by atoms with van der Waals surface area (Å²) in [6.07, 6.45) is 20.3. The predicted octanol–water partition coefficient (Wildman–Crippen LogP) is 5.74. The second-order valence-electron chi connectivity index (χ2n) is 7.35. The average Bonchev–Trinajstić information content (AvgIpc) is 2.56. The molecular weight excluding hydrogens is 298 g/mol. The van der Waals surface area contributed by atoms with E-state index in [-0.39, 0.29) is 5.91 Å². The molecule has 0 fully saturated rings. The molecule has 0 aliphatic heterocycles. The number of unbranched alkanes of at least 4 members (excludes halogenated alkanes) is 14. The van der Waals surface area contributed by atoms with Gasteiger partial charge in [-0.1, -0.05) is 96.8 Å². The fraction of sp³-hybridized carbons (Fsp3) is 0.952. The van der Waals surface area contributed by atoms with Crippen molar-refractivity contribution in [2.75, 3.05) is 6.54 Å². The Bertz CT molecular complexity index is 267. The minimum absolute atomic E-state index is 0.0746. The number of hydrogen-bond acceptors (Lipinski definition) is 2. The van der Waals surface area contributed by atoms with Crippen molar-refractivity contribution < 1.29 is 9.90 Å². The minimum atomic E-state index is -0.449. The Hall–Kier alpha value is -0.570. The van der Waals surface area contributed by atoms with Gasteiger partial charge >= 0.3 is 0 Å². The average molecular weight is 342 g/mol. The summed E-state index contributed by atoms with van der Waals surface area (Å²) in [5.74, 6) is 0.0746. The van der Waals surface area contributed by atoms with E-state index in [1.165, 1.54) is 83.5 Å². The first-order valence-corrected chi connectivity index (χ1v) is 10.6. The van der Waals surface area contributed by atoms with Gasteiger partial charge in [0.25, 0.3) is 0 Å². The van der Waals surface area contributed by atoms with Gasteiger partial charge < -0.3 is 10.4 Å². The van der Waals surface area contributed by atoms with Crippen LogP contribution >= 0.6 is 0 Å². The summed E-state index contributed by atoms with van der Waals surface area (Å²) < 4.78 is 0. The molecule has 2 N–H and O–H groups in total. The van der Waals surface area contributed by atoms with E-state index in [9.17, 15) is 4.79 Å². The van der Waals surface area contributed by atoms with Gasteiger partial charge in [-0.3, -0.25) is 4.79 Å². The van der Waals surface area contributed by atoms with E-state index in [4.69, 9.17) is 5.11 Å². The number of hydrogen-bond donors (Lipinski definition) is 2. The van der Waals surface area contributed by atoms with Gasteiger partial charge in [0.05, 0.1) is 6.10 Å². The van der Waals surface area contributed by atoms with Crippen molar-refractivity contribution in [3.63, 3.8) is 0 Å². The Morgan fingerprint density at radius 2 is 1.12 bits per heavy atom. The molecule has 24 heavy (non-hydrogen) atoms. The van der Waals surface area contributed by atoms with Gasteiger partial charge in [0.1, 0.15) is 0 Å². The molecule has 3 nitrogen and oxygen atoms in total. The monoisotopic (exact) mass is 341 g/mol. The number of amides is 1. The van der Waals surface area contributed by atoms with Crippen LogP contribution in [0.3, 0.4) is 0 Å². The van der Waals surface area contributed by atoms with Crippen molar-refractivity contribution in [2.45, 2.75) is 123 Å². The van der Waals surface area contributed by atoms with Crippen molar-refractivity contribution >= 4 is 5.91 Å². The van der Waals surface area contributed by atoms with Crippen LogP contribution in [0.25, 0.3) is 0 Å². The number of rotatable bonds is 18. The molecule has 0 spiro atoms. The Labute approximate surface area is 151 Å². The molecule has 0 aromatic rings. The number of carbonyl (C=O) groups excluding carboxylic acids is 1. The normalized spacial score (nSPS) is 12.3. The van der Waals surface area contributed by atoms with Gasteiger partial charge in [0.2, 0.25) is 5.91 Å². The smallest absolute Gasteiger partial charge is 0.220 e. The molecule has 0 aliphatic rings. The first-order valence-electron chi connectivity index (χ1n) is 10.6. The van der Waals surface area contributed by atoms with Crippen LogP contribution in [0.1, 0.15) is 117 Å². The van der Waals surface area contributed by atoms with Gasteiger partial charge in [-0.25, -0.2) is 0 Å². The van der Waals surface area contributed by atoms with Crippen LogP contribution in [0.2, 0.25) is 0 Å². The fourth-order valence-electron chi connectivity index (χ4n) is 3.01. The zero-order valence-corrected chi connectivity index (χ0v) is 16.5. The lowest BCUT2D eigenvalue weighted by molar-refractivity contribution is -0.121. The van der Waals surface area contributed by atoms with E-state index >= 15 is 0 Å². The minimum Gasteiger partial charge on any atom is -0.392 e. The highest BCUT2D eigenvalue weighted by Crippen LogP contribution is 2.13. The quantitative estimate of drug-likeness (QED) is 0.312. The summed E-state index contributed by atoms with van der Waals surface area (Å²) >= 11 is 0. The lowest BCUT2D eigenvalue weighted by Gasteiger charge is -2.07. The highest BCUT2D eigenvalue weighted by atomic mass is 16.3. The van der Waals surface area contributed by atoms with Gasteiger partial charge in [0, 0.05) is 13.0 Å². The molecule has 0 aliphatic carbocycles. The number of carbonyl (C=O) groups is 1. The number of nitrogens with one attached hydrogen (secondary N) is 1. The van der Waals surface area contributed by atoms with Gasteiger partial charge in [-0.15, -0.1) is 0 Å². The summed E-state index contributed by atoms with van der Waals surface area (Å²) in [6, 6.07) is 0. The molecule has 0 saturated carbocycles. The van der Waals surface area contributed by atoms with Crippen LogP contribution in [0, 0.1) is 0 Å². The van der Waals surface area contributed by atoms with Crippen LogP contribution in [0.4, 0.5) is 0 Å². The van der Waals surface area contributed by atoms with Gasteiger partial charge in [-0.2, -0.15) is 0 Å². The first-order chi connectivity index (χ1) is 11.7. The molecule has 0 bridgehead atoms. The zero-order chi connectivity index (χ0) is 17.9. The molecule has 0 rings (SSSR count). The maximum Gasteiger partial charge on any atom is 0.220 e. The molecular formula is C21H43NO2. The summed E-state index contributed by atoms with van der Waals surface area (Å²) in [6.45, 7) is 4.34. The molecule has 0 aromatic heterocycles. The third kappa shape index (κ3) is 19.5. The molecule has 0 aromatic carbocycles. The van der Waals surface area contributed by atoms with E-state index in [0.29, 0.717) is 13.0 Å². The standard InChI is InChI=1S/C21H43NO2/c1-3-4-5-6-7-8-9-10-11-12-13-14-15-16-17-18-21(24)22-19-20(2)23/h20,23H,3-19H2,1-2H3,(H,22,24). The zero-order valence-electron chi connectivity index (χ0n) is 16.5. The van der Waals surface area contributed by atoms with Gasteiger partial charge in [-0.05, 0) is 13.3 Å². The Kier molecular flexibility index (Phi) is 18.3. The maximum absolute atomic E-state index is 11.5. The third-order valence-electron chi connectivity index (χ3n) is 4.60. The predicted molar refractivity (Wildman–Crippen MR) is 104 cm³/mol. The third-order valence-corrected chi connectivity index (χ3v) is 4.60. The van der Waals surface area contributed by atoms with Gasteiger partial charge in [0.15, 0.2) is 0 Å². The summed E-state index contributed by atoms with van der Waals surface area (Å²) in [5, 5.41) is 11.8. The Balaban J connectivity index is 3.08. The summed E-state index contributed by atoms with van der Waals surface area (Å²) in [4.78, 5) is 11.5. The fourth-order valence-corrected chi connectivity index (χ4v) is 3.01. The van der Waals surface area contributed by atoms with Crippen molar-refractivity contribution in [2.24, 2.45) is 0 Å². The number of aliphatic hydroxyl groups is 1. The van der Waals surface area contributed by atoms with Crippen LogP contribution in [0.5, 0.6) is 0 Å². The van der Waals surface area contributed by atoms with Crippen molar-refractivity contribution in [1.82, 2.24) is 5.32 Å². The van der Waals surface area contributed by atoms with E-state index in [2.05, 4.69) is 12.2 Å². The second kappa shape index (κ2) is 18.8. The van der Waals surface area contributed by atoms with E-state index in [0.717, 1.165) is 12.8 Å². The maximum atomic E-state index is 11.5. The molecule has 1 amide bonds. The second-order valence-corrected chi connectivity index (χ2v) is 7.35. The Morgan fingerprint density at radius 1 is 0.750 bits per heavy atom. The summed E-state index contributed by atoms with van der Waals surface area (Å²) in [5.41, 5.74) is 0. The largest absolute Gasteiger partial charge is 0.392 e.